The smallest absolute Gasteiger partial charge is 0.351 e. The van der Waals surface area contributed by atoms with E-state index in [1.165, 1.54) is 74.6 Å². The highest BCUT2D eigenvalue weighted by molar-refractivity contribution is 5.69. The van der Waals surface area contributed by atoms with Gasteiger partial charge in [0.2, 0.25) is 0 Å². The summed E-state index contributed by atoms with van der Waals surface area (Å²) in [4.78, 5) is 27.5. The van der Waals surface area contributed by atoms with Crippen LogP contribution in [-0.4, -0.2) is 35.0 Å². The molecule has 1 aliphatic rings. The van der Waals surface area contributed by atoms with Crippen LogP contribution in [0.3, 0.4) is 0 Å². The van der Waals surface area contributed by atoms with Crippen LogP contribution >= 0.6 is 0 Å². The molecule has 0 bridgehead atoms. The maximum Gasteiger partial charge on any atom is 0.351 e. The van der Waals surface area contributed by atoms with Crippen LogP contribution in [0.5, 0.6) is 0 Å². The molecule has 0 aromatic carbocycles. The third-order valence-electron chi connectivity index (χ3n) is 5.92. The monoisotopic (exact) mass is 477 g/mol. The second kappa shape index (κ2) is 17.3. The number of nitrogen functional groups attached to an aromatic ring is 1. The summed E-state index contributed by atoms with van der Waals surface area (Å²) in [5, 5.41) is 0. The van der Waals surface area contributed by atoms with Gasteiger partial charge in [0.1, 0.15) is 12.4 Å². The summed E-state index contributed by atoms with van der Waals surface area (Å²) in [6.45, 7) is 2.45. The Bertz CT molecular complexity index is 780. The van der Waals surface area contributed by atoms with Gasteiger partial charge in [-0.3, -0.25) is 9.36 Å². The van der Waals surface area contributed by atoms with Crippen LogP contribution in [0.4, 0.5) is 5.82 Å². The molecule has 0 amide bonds. The number of esters is 1. The number of carbonyl (C=O) groups excluding carboxylic acids is 1. The first-order valence-electron chi connectivity index (χ1n) is 13.0. The second-order valence-corrected chi connectivity index (χ2v) is 8.91. The lowest BCUT2D eigenvalue weighted by atomic mass is 10.1. The lowest BCUT2D eigenvalue weighted by Gasteiger charge is -2.13. The fourth-order valence-electron chi connectivity index (χ4n) is 3.89. The van der Waals surface area contributed by atoms with Crippen LogP contribution < -0.4 is 11.4 Å². The van der Waals surface area contributed by atoms with Crippen molar-refractivity contribution in [3.05, 3.63) is 34.9 Å². The molecule has 2 rings (SSSR count). The molecule has 1 aromatic rings. The summed E-state index contributed by atoms with van der Waals surface area (Å²) < 4.78 is 17.7. The molecular weight excluding hydrogens is 434 g/mol. The summed E-state index contributed by atoms with van der Waals surface area (Å²) in [6, 6.07) is 1.52. The highest BCUT2D eigenvalue weighted by Gasteiger charge is 2.29. The Hall–Kier alpha value is -2.19. The Morgan fingerprint density at radius 3 is 2.41 bits per heavy atom. The third kappa shape index (κ3) is 11.8. The molecule has 8 heteroatoms. The number of nitrogens with zero attached hydrogens (tertiary/aromatic N) is 2. The normalized spacial score (nSPS) is 18.0. The molecule has 2 atom stereocenters. The van der Waals surface area contributed by atoms with Crippen molar-refractivity contribution in [2.75, 3.05) is 18.9 Å². The molecule has 34 heavy (non-hydrogen) atoms. The number of unbranched alkanes of at least 4 members (excludes halogenated alkanes) is 11. The molecule has 0 spiro atoms. The van der Waals surface area contributed by atoms with E-state index in [9.17, 15) is 9.59 Å². The average Bonchev–Trinajstić information content (AvgIpc) is 3.29. The number of hydrogen-bond acceptors (Lipinski definition) is 7. The number of aromatic nitrogens is 2. The van der Waals surface area contributed by atoms with Crippen molar-refractivity contribution >= 4 is 11.8 Å². The van der Waals surface area contributed by atoms with Crippen LogP contribution in [0.15, 0.2) is 29.2 Å². The van der Waals surface area contributed by atoms with Crippen molar-refractivity contribution in [1.82, 2.24) is 9.55 Å². The number of nitrogens with two attached hydrogens (primary N) is 1. The zero-order valence-electron chi connectivity index (χ0n) is 20.8. The minimum absolute atomic E-state index is 0.0115. The first kappa shape index (κ1) is 28.1. The van der Waals surface area contributed by atoms with E-state index in [1.807, 2.05) is 0 Å². The van der Waals surface area contributed by atoms with Gasteiger partial charge in [0.05, 0.1) is 6.61 Å². The molecule has 1 fully saturated rings. The lowest BCUT2D eigenvalue weighted by molar-refractivity contribution is -0.159. The van der Waals surface area contributed by atoms with Gasteiger partial charge in [-0.25, -0.2) is 4.79 Å². The largest absolute Gasteiger partial charge is 0.460 e. The summed E-state index contributed by atoms with van der Waals surface area (Å²) in [5.74, 6) is -0.0964. The van der Waals surface area contributed by atoms with Gasteiger partial charge in [-0.15, -0.1) is 0 Å². The van der Waals surface area contributed by atoms with Crippen molar-refractivity contribution < 1.29 is 19.0 Å². The van der Waals surface area contributed by atoms with Crippen molar-refractivity contribution in [1.29, 1.82) is 0 Å². The predicted octanol–water partition coefficient (Wildman–Crippen LogP) is 5.28. The van der Waals surface area contributed by atoms with Crippen LogP contribution in [0.25, 0.3) is 0 Å². The lowest BCUT2D eigenvalue weighted by Crippen LogP contribution is -2.29. The van der Waals surface area contributed by atoms with Crippen LogP contribution in [0, 0.1) is 0 Å². The summed E-state index contributed by atoms with van der Waals surface area (Å²) in [5.41, 5.74) is 4.99. The van der Waals surface area contributed by atoms with E-state index in [1.54, 1.807) is 0 Å². The topological polar surface area (TPSA) is 106 Å². The fraction of sp³-hybridized carbons (Fsp3) is 0.731. The molecule has 0 aliphatic carbocycles. The summed E-state index contributed by atoms with van der Waals surface area (Å²) >= 11 is 0. The Morgan fingerprint density at radius 2 is 1.74 bits per heavy atom. The predicted molar refractivity (Wildman–Crippen MR) is 133 cm³/mol. The summed E-state index contributed by atoms with van der Waals surface area (Å²) in [7, 11) is 0. The SMILES string of the molecule is CCCCCCCCC=CCCCCCCCC(=O)OC[C@H]1OC[C@@H](n2ccc(N)nc2=O)O1. The molecule has 2 heterocycles. The summed E-state index contributed by atoms with van der Waals surface area (Å²) in [6.07, 6.45) is 21.2. The number of allylic oxidation sites excluding steroid dienone is 2. The van der Waals surface area contributed by atoms with Gasteiger partial charge in [0, 0.05) is 12.6 Å². The van der Waals surface area contributed by atoms with Crippen molar-refractivity contribution in [2.24, 2.45) is 0 Å². The molecule has 1 saturated heterocycles. The van der Waals surface area contributed by atoms with E-state index < -0.39 is 18.2 Å². The van der Waals surface area contributed by atoms with Crippen molar-refractivity contribution in [3.63, 3.8) is 0 Å². The van der Waals surface area contributed by atoms with E-state index >= 15 is 0 Å². The number of anilines is 1. The zero-order chi connectivity index (χ0) is 24.4. The number of hydrogen-bond donors (Lipinski definition) is 1. The number of ether oxygens (including phenoxy) is 3. The molecule has 8 nitrogen and oxygen atoms in total. The molecule has 2 N–H and O–H groups in total. The van der Waals surface area contributed by atoms with Crippen LogP contribution in [0.2, 0.25) is 0 Å². The van der Waals surface area contributed by atoms with E-state index in [0.717, 1.165) is 25.7 Å². The third-order valence-corrected chi connectivity index (χ3v) is 5.92. The second-order valence-electron chi connectivity index (χ2n) is 8.91. The van der Waals surface area contributed by atoms with Gasteiger partial charge < -0.3 is 19.9 Å². The Morgan fingerprint density at radius 1 is 1.09 bits per heavy atom. The first-order valence-corrected chi connectivity index (χ1v) is 13.0. The van der Waals surface area contributed by atoms with Gasteiger partial charge in [-0.2, -0.15) is 4.98 Å². The van der Waals surface area contributed by atoms with Gasteiger partial charge in [-0.05, 0) is 38.2 Å². The fourth-order valence-corrected chi connectivity index (χ4v) is 3.89. The molecule has 0 saturated carbocycles. The Labute approximate surface area is 203 Å². The molecule has 1 aliphatic heterocycles. The first-order chi connectivity index (χ1) is 16.6. The number of rotatable bonds is 18. The van der Waals surface area contributed by atoms with Crippen molar-refractivity contribution in [2.45, 2.75) is 109 Å². The average molecular weight is 478 g/mol. The number of carbonyl (C=O) groups is 1. The van der Waals surface area contributed by atoms with Crippen LogP contribution in [0.1, 0.15) is 103 Å². The molecule has 192 valence electrons. The highest BCUT2D eigenvalue weighted by atomic mass is 16.7. The maximum absolute atomic E-state index is 12.0. The van der Waals surface area contributed by atoms with Crippen LogP contribution in [-0.2, 0) is 19.0 Å². The molecule has 0 unspecified atom stereocenters. The minimum atomic E-state index is -0.687. The van der Waals surface area contributed by atoms with Gasteiger partial charge in [-0.1, -0.05) is 70.4 Å². The highest BCUT2D eigenvalue weighted by Crippen LogP contribution is 2.20. The van der Waals surface area contributed by atoms with E-state index in [-0.39, 0.29) is 25.0 Å². The quantitative estimate of drug-likeness (QED) is 0.174. The minimum Gasteiger partial charge on any atom is -0.460 e. The standard InChI is InChI=1S/C26H43N3O5/c1-2-3-4-5-6-7-8-9-10-11-12-13-14-15-16-17-24(30)32-21-25-33-20-23(34-25)29-19-18-22(27)28-26(29)31/h9-10,18-19,23,25H,2-8,11-17,20-21H2,1H3,(H2,27,28,31)/t23-,25-/m0/s1. The van der Waals surface area contributed by atoms with Gasteiger partial charge in [0.15, 0.2) is 12.5 Å². The van der Waals surface area contributed by atoms with E-state index in [4.69, 9.17) is 19.9 Å². The van der Waals surface area contributed by atoms with Gasteiger partial charge in [0.25, 0.3) is 0 Å². The maximum atomic E-state index is 12.0. The Kier molecular flexibility index (Phi) is 14.3. The molecule has 0 radical (unpaired) electrons. The van der Waals surface area contributed by atoms with E-state index in [2.05, 4.69) is 24.1 Å². The Balaban J connectivity index is 1.41. The van der Waals surface area contributed by atoms with E-state index in [0.29, 0.717) is 6.42 Å². The zero-order valence-corrected chi connectivity index (χ0v) is 20.8. The molecular formula is C26H43N3O5. The van der Waals surface area contributed by atoms with Gasteiger partial charge >= 0.3 is 11.7 Å². The van der Waals surface area contributed by atoms with Crippen molar-refractivity contribution in [3.8, 4) is 0 Å². The molecule has 1 aromatic heterocycles.